The van der Waals surface area contributed by atoms with Crippen molar-refractivity contribution in [1.29, 1.82) is 0 Å². The van der Waals surface area contributed by atoms with Gasteiger partial charge in [0, 0.05) is 34.7 Å². The number of carbonyl (C=O) groups is 2. The summed E-state index contributed by atoms with van der Waals surface area (Å²) < 4.78 is 14.0. The maximum absolute atomic E-state index is 13.0. The van der Waals surface area contributed by atoms with Crippen LogP contribution in [0.4, 0.5) is 4.39 Å². The molecule has 1 fully saturated rings. The molecule has 1 aliphatic heterocycles. The van der Waals surface area contributed by atoms with Crippen molar-refractivity contribution >= 4 is 27.7 Å². The summed E-state index contributed by atoms with van der Waals surface area (Å²) in [5.41, 5.74) is 2.51. The molecule has 6 nitrogen and oxygen atoms in total. The van der Waals surface area contributed by atoms with Gasteiger partial charge in [-0.05, 0) is 55.3 Å². The van der Waals surface area contributed by atoms with Crippen LogP contribution < -0.4 is 5.32 Å². The molecule has 154 valence electrons. The van der Waals surface area contributed by atoms with E-state index in [1.807, 2.05) is 24.3 Å². The highest BCUT2D eigenvalue weighted by molar-refractivity contribution is 9.10. The summed E-state index contributed by atoms with van der Waals surface area (Å²) in [7, 11) is 0. The second kappa shape index (κ2) is 8.79. The smallest absolute Gasteiger partial charge is 0.271 e. The average molecular weight is 471 g/mol. The van der Waals surface area contributed by atoms with E-state index in [-0.39, 0.29) is 23.7 Å². The van der Waals surface area contributed by atoms with E-state index < -0.39 is 0 Å². The second-order valence-electron chi connectivity index (χ2n) is 7.22. The van der Waals surface area contributed by atoms with Gasteiger partial charge in [0.25, 0.3) is 11.8 Å². The number of hydrogen-bond acceptors (Lipinski definition) is 3. The lowest BCUT2D eigenvalue weighted by Gasteiger charge is -2.32. The molecule has 0 atom stereocenters. The lowest BCUT2D eigenvalue weighted by atomic mass is 10.0. The topological polar surface area (TPSA) is 78.1 Å². The van der Waals surface area contributed by atoms with Crippen molar-refractivity contribution in [2.45, 2.75) is 18.9 Å². The van der Waals surface area contributed by atoms with Gasteiger partial charge in [0.1, 0.15) is 11.5 Å². The zero-order valence-corrected chi connectivity index (χ0v) is 17.7. The van der Waals surface area contributed by atoms with E-state index in [9.17, 15) is 14.0 Å². The minimum atomic E-state index is -0.375. The Labute approximate surface area is 181 Å². The Morgan fingerprint density at radius 1 is 1.07 bits per heavy atom. The molecule has 0 spiro atoms. The van der Waals surface area contributed by atoms with E-state index in [1.54, 1.807) is 11.0 Å². The quantitative estimate of drug-likeness (QED) is 0.604. The van der Waals surface area contributed by atoms with Crippen LogP contribution in [0.3, 0.4) is 0 Å². The number of likely N-dealkylation sites (tertiary alicyclic amines) is 1. The van der Waals surface area contributed by atoms with Crippen LogP contribution in [0, 0.1) is 5.82 Å². The molecule has 1 saturated heterocycles. The molecule has 30 heavy (non-hydrogen) atoms. The molecule has 4 rings (SSSR count). The van der Waals surface area contributed by atoms with E-state index in [4.69, 9.17) is 0 Å². The molecule has 0 saturated carbocycles. The van der Waals surface area contributed by atoms with Gasteiger partial charge >= 0.3 is 0 Å². The number of rotatable bonds is 4. The number of amides is 2. The van der Waals surface area contributed by atoms with Crippen LogP contribution in [0.25, 0.3) is 11.3 Å². The Morgan fingerprint density at radius 3 is 2.40 bits per heavy atom. The van der Waals surface area contributed by atoms with Crippen molar-refractivity contribution in [3.8, 4) is 11.3 Å². The molecule has 8 heteroatoms. The minimum Gasteiger partial charge on any atom is -0.349 e. The first-order valence-electron chi connectivity index (χ1n) is 9.66. The van der Waals surface area contributed by atoms with Crippen molar-refractivity contribution in [2.75, 3.05) is 13.1 Å². The zero-order chi connectivity index (χ0) is 21.1. The number of carbonyl (C=O) groups excluding carboxylic acids is 2. The SMILES string of the molecule is O=C(NC1CCN(C(=O)c2cc(-c3ccc(Br)cc3)n[nH]2)CC1)c1ccc(F)cc1. The van der Waals surface area contributed by atoms with Crippen LogP contribution in [-0.4, -0.2) is 46.0 Å². The molecule has 0 bridgehead atoms. The first-order chi connectivity index (χ1) is 14.5. The number of nitrogens with zero attached hydrogens (tertiary/aromatic N) is 2. The summed E-state index contributed by atoms with van der Waals surface area (Å²) >= 11 is 3.40. The first kappa shape index (κ1) is 20.3. The maximum Gasteiger partial charge on any atom is 0.271 e. The summed E-state index contributed by atoms with van der Waals surface area (Å²) in [6.45, 7) is 1.08. The molecule has 3 aromatic rings. The van der Waals surface area contributed by atoms with Crippen LogP contribution in [0.5, 0.6) is 0 Å². The number of nitrogens with one attached hydrogen (secondary N) is 2. The van der Waals surface area contributed by atoms with Gasteiger partial charge in [-0.2, -0.15) is 5.10 Å². The molecule has 0 unspecified atom stereocenters. The van der Waals surface area contributed by atoms with Crippen molar-refractivity contribution in [1.82, 2.24) is 20.4 Å². The summed E-state index contributed by atoms with van der Waals surface area (Å²) in [4.78, 5) is 26.9. The normalized spacial score (nSPS) is 14.5. The highest BCUT2D eigenvalue weighted by Gasteiger charge is 2.26. The predicted octanol–water partition coefficient (Wildman–Crippen LogP) is 4.01. The Hall–Kier alpha value is -3.00. The van der Waals surface area contributed by atoms with Gasteiger partial charge in [-0.25, -0.2) is 4.39 Å². The third-order valence-electron chi connectivity index (χ3n) is 5.17. The molecule has 0 aliphatic carbocycles. The van der Waals surface area contributed by atoms with E-state index in [1.165, 1.54) is 24.3 Å². The Kier molecular flexibility index (Phi) is 5.94. The monoisotopic (exact) mass is 470 g/mol. The number of benzene rings is 2. The van der Waals surface area contributed by atoms with Crippen LogP contribution in [0.2, 0.25) is 0 Å². The predicted molar refractivity (Wildman–Crippen MR) is 115 cm³/mol. The van der Waals surface area contributed by atoms with Crippen LogP contribution in [0.1, 0.15) is 33.7 Å². The molecule has 2 heterocycles. The Bertz CT molecular complexity index is 1040. The molecular formula is C22H20BrFN4O2. The Balaban J connectivity index is 1.33. The minimum absolute atomic E-state index is 0.0216. The number of hydrogen-bond donors (Lipinski definition) is 2. The standard InChI is InChI=1S/C22H20BrFN4O2/c23-16-5-1-14(2-6-16)19-13-20(27-26-19)22(30)28-11-9-18(10-12-28)25-21(29)15-3-7-17(24)8-4-15/h1-8,13,18H,9-12H2,(H,25,29)(H,26,27). The third-order valence-corrected chi connectivity index (χ3v) is 5.70. The van der Waals surface area contributed by atoms with Crippen molar-refractivity contribution in [3.63, 3.8) is 0 Å². The van der Waals surface area contributed by atoms with Gasteiger partial charge in [-0.15, -0.1) is 0 Å². The van der Waals surface area contributed by atoms with Crippen LogP contribution >= 0.6 is 15.9 Å². The lowest BCUT2D eigenvalue weighted by Crippen LogP contribution is -2.46. The highest BCUT2D eigenvalue weighted by atomic mass is 79.9. The van der Waals surface area contributed by atoms with Gasteiger partial charge in [-0.3, -0.25) is 14.7 Å². The van der Waals surface area contributed by atoms with E-state index in [0.717, 1.165) is 10.0 Å². The van der Waals surface area contributed by atoms with Gasteiger partial charge in [0.15, 0.2) is 0 Å². The van der Waals surface area contributed by atoms with Gasteiger partial charge in [0.05, 0.1) is 5.69 Å². The molecule has 2 aromatic carbocycles. The van der Waals surface area contributed by atoms with Gasteiger partial charge in [-0.1, -0.05) is 28.1 Å². The molecule has 1 aliphatic rings. The molecule has 0 radical (unpaired) electrons. The number of halogens is 2. The number of piperidine rings is 1. The average Bonchev–Trinajstić information content (AvgIpc) is 3.25. The van der Waals surface area contributed by atoms with E-state index >= 15 is 0 Å². The highest BCUT2D eigenvalue weighted by Crippen LogP contribution is 2.22. The molecular weight excluding hydrogens is 451 g/mol. The van der Waals surface area contributed by atoms with E-state index in [2.05, 4.69) is 31.4 Å². The molecule has 1 aromatic heterocycles. The van der Waals surface area contributed by atoms with E-state index in [0.29, 0.717) is 42.9 Å². The lowest BCUT2D eigenvalue weighted by molar-refractivity contribution is 0.0692. The second-order valence-corrected chi connectivity index (χ2v) is 8.14. The van der Waals surface area contributed by atoms with Gasteiger partial charge in [0.2, 0.25) is 0 Å². The Morgan fingerprint density at radius 2 is 1.73 bits per heavy atom. The van der Waals surface area contributed by atoms with Crippen LogP contribution in [0.15, 0.2) is 59.1 Å². The summed E-state index contributed by atoms with van der Waals surface area (Å²) in [6, 6.07) is 14.9. The van der Waals surface area contributed by atoms with Crippen molar-refractivity contribution in [2.24, 2.45) is 0 Å². The summed E-state index contributed by atoms with van der Waals surface area (Å²) in [5.74, 6) is -0.706. The zero-order valence-electron chi connectivity index (χ0n) is 16.1. The summed E-state index contributed by atoms with van der Waals surface area (Å²) in [5, 5.41) is 10.0. The number of aromatic nitrogens is 2. The number of aromatic amines is 1. The van der Waals surface area contributed by atoms with Crippen molar-refractivity contribution in [3.05, 3.63) is 76.1 Å². The largest absolute Gasteiger partial charge is 0.349 e. The number of H-pyrrole nitrogens is 1. The van der Waals surface area contributed by atoms with Crippen molar-refractivity contribution < 1.29 is 14.0 Å². The summed E-state index contributed by atoms with van der Waals surface area (Å²) in [6.07, 6.45) is 1.32. The van der Waals surface area contributed by atoms with Crippen LogP contribution in [-0.2, 0) is 0 Å². The molecule has 2 amide bonds. The fourth-order valence-electron chi connectivity index (χ4n) is 3.47. The third kappa shape index (κ3) is 4.59. The van der Waals surface area contributed by atoms with Gasteiger partial charge < -0.3 is 10.2 Å². The maximum atomic E-state index is 13.0. The fourth-order valence-corrected chi connectivity index (χ4v) is 3.73. The fraction of sp³-hybridized carbons (Fsp3) is 0.227. The first-order valence-corrected chi connectivity index (χ1v) is 10.5. The molecule has 2 N–H and O–H groups in total.